The second kappa shape index (κ2) is 9.06. The third-order valence-corrected chi connectivity index (χ3v) is 4.75. The highest BCUT2D eigenvalue weighted by Gasteiger charge is 2.43. The van der Waals surface area contributed by atoms with Gasteiger partial charge in [0.1, 0.15) is 11.2 Å². The number of methoxy groups -OCH3 is 1. The number of halogens is 1. The highest BCUT2D eigenvalue weighted by atomic mass is 35.5. The van der Waals surface area contributed by atoms with Crippen LogP contribution in [0.1, 0.15) is 25.7 Å². The minimum Gasteiger partial charge on any atom is -0.492 e. The third-order valence-electron chi connectivity index (χ3n) is 4.43. The summed E-state index contributed by atoms with van der Waals surface area (Å²) in [6, 6.07) is 7.18. The Balaban J connectivity index is 1.82. The van der Waals surface area contributed by atoms with Crippen LogP contribution in [0.15, 0.2) is 24.3 Å². The standard InChI is InChI=1S/C18H24ClNO5/c1-24-13-18(17(22)23)9-5-10-20(12-18)16(21)8-4-11-25-15-7-3-2-6-14(15)19/h2-3,6-7H,4-5,8-13H2,1H3,(H,22,23). The quantitative estimate of drug-likeness (QED) is 0.713. The van der Waals surface area contributed by atoms with Crippen LogP contribution in [0.25, 0.3) is 0 Å². The number of ether oxygens (including phenoxy) is 2. The maximum atomic E-state index is 12.4. The smallest absolute Gasteiger partial charge is 0.313 e. The Hall–Kier alpha value is -1.79. The molecule has 1 N–H and O–H groups in total. The number of para-hydroxylation sites is 1. The van der Waals surface area contributed by atoms with Gasteiger partial charge < -0.3 is 19.5 Å². The molecule has 138 valence electrons. The Morgan fingerprint density at radius 1 is 1.36 bits per heavy atom. The van der Waals surface area contributed by atoms with Crippen molar-refractivity contribution in [3.8, 4) is 5.75 Å². The average Bonchev–Trinajstić information content (AvgIpc) is 2.60. The first-order valence-corrected chi connectivity index (χ1v) is 8.74. The molecular weight excluding hydrogens is 346 g/mol. The molecule has 2 rings (SSSR count). The van der Waals surface area contributed by atoms with E-state index < -0.39 is 11.4 Å². The van der Waals surface area contributed by atoms with Crippen LogP contribution in [-0.2, 0) is 14.3 Å². The SMILES string of the molecule is COCC1(C(=O)O)CCCN(C(=O)CCCOc2ccccc2Cl)C1. The molecule has 1 aromatic carbocycles. The molecule has 25 heavy (non-hydrogen) atoms. The summed E-state index contributed by atoms with van der Waals surface area (Å²) in [7, 11) is 1.48. The Morgan fingerprint density at radius 2 is 2.12 bits per heavy atom. The lowest BCUT2D eigenvalue weighted by Gasteiger charge is -2.39. The van der Waals surface area contributed by atoms with E-state index in [-0.39, 0.29) is 19.1 Å². The molecule has 0 bridgehead atoms. The molecule has 1 atom stereocenters. The number of hydrogen-bond donors (Lipinski definition) is 1. The molecule has 0 spiro atoms. The number of carbonyl (C=O) groups is 2. The minimum atomic E-state index is -1.00. The van der Waals surface area contributed by atoms with Gasteiger partial charge in [0.05, 0.1) is 18.2 Å². The van der Waals surface area contributed by atoms with Crippen LogP contribution in [0.4, 0.5) is 0 Å². The van der Waals surface area contributed by atoms with Crippen LogP contribution in [-0.4, -0.2) is 55.3 Å². The number of amides is 1. The molecule has 1 aliphatic rings. The monoisotopic (exact) mass is 369 g/mol. The summed E-state index contributed by atoms with van der Waals surface area (Å²) in [4.78, 5) is 25.7. The van der Waals surface area contributed by atoms with E-state index in [9.17, 15) is 14.7 Å². The van der Waals surface area contributed by atoms with Crippen LogP contribution in [0, 0.1) is 5.41 Å². The van der Waals surface area contributed by atoms with E-state index in [1.165, 1.54) is 7.11 Å². The van der Waals surface area contributed by atoms with Gasteiger partial charge in [-0.25, -0.2) is 0 Å². The van der Waals surface area contributed by atoms with Crippen molar-refractivity contribution in [3.05, 3.63) is 29.3 Å². The van der Waals surface area contributed by atoms with Gasteiger partial charge in [0.15, 0.2) is 0 Å². The lowest BCUT2D eigenvalue weighted by molar-refractivity contribution is -0.159. The van der Waals surface area contributed by atoms with Crippen LogP contribution in [0.5, 0.6) is 5.75 Å². The van der Waals surface area contributed by atoms with E-state index in [1.807, 2.05) is 12.1 Å². The number of carboxylic acid groups (broad SMARTS) is 1. The maximum absolute atomic E-state index is 12.4. The highest BCUT2D eigenvalue weighted by molar-refractivity contribution is 6.32. The number of carbonyl (C=O) groups excluding carboxylic acids is 1. The number of likely N-dealkylation sites (tertiary alicyclic amines) is 1. The van der Waals surface area contributed by atoms with Crippen molar-refractivity contribution in [3.63, 3.8) is 0 Å². The molecule has 1 amide bonds. The molecule has 6 nitrogen and oxygen atoms in total. The Labute approximate surface area is 152 Å². The predicted octanol–water partition coefficient (Wildman–Crippen LogP) is 2.84. The summed E-state index contributed by atoms with van der Waals surface area (Å²) >= 11 is 6.01. The van der Waals surface area contributed by atoms with Crippen molar-refractivity contribution in [2.75, 3.05) is 33.4 Å². The Bertz CT molecular complexity index is 605. The fraction of sp³-hybridized carbons (Fsp3) is 0.556. The molecule has 0 aliphatic carbocycles. The molecule has 1 aliphatic heterocycles. The predicted molar refractivity (Wildman–Crippen MR) is 93.9 cm³/mol. The third kappa shape index (κ3) is 5.09. The second-order valence-corrected chi connectivity index (χ2v) is 6.73. The summed E-state index contributed by atoms with van der Waals surface area (Å²) in [5.41, 5.74) is -1.00. The molecule has 0 saturated carbocycles. The first kappa shape index (κ1) is 19.5. The number of carboxylic acids is 1. The van der Waals surface area contributed by atoms with Crippen molar-refractivity contribution in [1.29, 1.82) is 0 Å². The van der Waals surface area contributed by atoms with Gasteiger partial charge in [0.2, 0.25) is 5.91 Å². The number of hydrogen-bond acceptors (Lipinski definition) is 4. The van der Waals surface area contributed by atoms with Crippen molar-refractivity contribution in [2.45, 2.75) is 25.7 Å². The van der Waals surface area contributed by atoms with Crippen LogP contribution in [0.2, 0.25) is 5.02 Å². The zero-order valence-corrected chi connectivity index (χ0v) is 15.1. The van der Waals surface area contributed by atoms with Gasteiger partial charge in [-0.1, -0.05) is 23.7 Å². The molecule has 0 radical (unpaired) electrons. The summed E-state index contributed by atoms with van der Waals surface area (Å²) in [6.07, 6.45) is 2.05. The van der Waals surface area contributed by atoms with Crippen molar-refractivity contribution in [1.82, 2.24) is 4.90 Å². The topological polar surface area (TPSA) is 76.1 Å². The van der Waals surface area contributed by atoms with Gasteiger partial charge in [-0.15, -0.1) is 0 Å². The van der Waals surface area contributed by atoms with E-state index in [0.29, 0.717) is 49.6 Å². The summed E-state index contributed by atoms with van der Waals surface area (Å²) in [5, 5.41) is 10.1. The molecule has 1 unspecified atom stereocenters. The molecular formula is C18H24ClNO5. The molecule has 0 aromatic heterocycles. The molecule has 1 heterocycles. The lowest BCUT2D eigenvalue weighted by Crippen LogP contribution is -2.52. The number of nitrogens with zero attached hydrogens (tertiary/aromatic N) is 1. The number of piperidine rings is 1. The molecule has 1 fully saturated rings. The van der Waals surface area contributed by atoms with Gasteiger partial charge in [-0.05, 0) is 31.4 Å². The van der Waals surface area contributed by atoms with Gasteiger partial charge in [0, 0.05) is 26.6 Å². The number of benzene rings is 1. The summed E-state index contributed by atoms with van der Waals surface area (Å²) in [6.45, 7) is 1.27. The largest absolute Gasteiger partial charge is 0.492 e. The first-order valence-electron chi connectivity index (χ1n) is 8.36. The second-order valence-electron chi connectivity index (χ2n) is 6.32. The average molecular weight is 370 g/mol. The zero-order valence-electron chi connectivity index (χ0n) is 14.4. The minimum absolute atomic E-state index is 0.0517. The molecule has 1 saturated heterocycles. The van der Waals surface area contributed by atoms with E-state index in [1.54, 1.807) is 17.0 Å². The fourth-order valence-electron chi connectivity index (χ4n) is 3.10. The van der Waals surface area contributed by atoms with E-state index >= 15 is 0 Å². The number of rotatable bonds is 8. The zero-order chi connectivity index (χ0) is 18.3. The van der Waals surface area contributed by atoms with Crippen LogP contribution >= 0.6 is 11.6 Å². The Morgan fingerprint density at radius 3 is 2.80 bits per heavy atom. The van der Waals surface area contributed by atoms with Crippen molar-refractivity contribution < 1.29 is 24.2 Å². The van der Waals surface area contributed by atoms with E-state index in [0.717, 1.165) is 0 Å². The summed E-state index contributed by atoms with van der Waals surface area (Å²) in [5.74, 6) is -0.363. The molecule has 1 aromatic rings. The lowest BCUT2D eigenvalue weighted by atomic mass is 9.80. The van der Waals surface area contributed by atoms with Gasteiger partial charge in [0.25, 0.3) is 0 Å². The normalized spacial score (nSPS) is 20.3. The highest BCUT2D eigenvalue weighted by Crippen LogP contribution is 2.31. The van der Waals surface area contributed by atoms with E-state index in [4.69, 9.17) is 21.1 Å². The van der Waals surface area contributed by atoms with Crippen molar-refractivity contribution in [2.24, 2.45) is 5.41 Å². The first-order chi connectivity index (χ1) is 12.0. The van der Waals surface area contributed by atoms with Gasteiger partial charge in [-0.2, -0.15) is 0 Å². The maximum Gasteiger partial charge on any atom is 0.313 e. The van der Waals surface area contributed by atoms with Gasteiger partial charge >= 0.3 is 5.97 Å². The van der Waals surface area contributed by atoms with Gasteiger partial charge in [-0.3, -0.25) is 9.59 Å². The van der Waals surface area contributed by atoms with Crippen molar-refractivity contribution >= 4 is 23.5 Å². The number of aliphatic carboxylic acids is 1. The molecule has 7 heteroatoms. The van der Waals surface area contributed by atoms with E-state index in [2.05, 4.69) is 0 Å². The van der Waals surface area contributed by atoms with Crippen LogP contribution in [0.3, 0.4) is 0 Å². The summed E-state index contributed by atoms with van der Waals surface area (Å²) < 4.78 is 10.7. The van der Waals surface area contributed by atoms with Crippen LogP contribution < -0.4 is 4.74 Å². The fourth-order valence-corrected chi connectivity index (χ4v) is 3.29. The Kier molecular flexibility index (Phi) is 7.08.